The zero-order chi connectivity index (χ0) is 14.6. The normalized spacial score (nSPS) is 18.1. The molecule has 0 aromatic heterocycles. The van der Waals surface area contributed by atoms with Crippen molar-refractivity contribution >= 4 is 0 Å². The number of fused-ring (bicyclic) bond motifs is 1. The fourth-order valence-electron chi connectivity index (χ4n) is 2.50. The predicted molar refractivity (Wildman–Crippen MR) is 72.0 cm³/mol. The zero-order valence-corrected chi connectivity index (χ0v) is 11.6. The highest BCUT2D eigenvalue weighted by atomic mass is 19.4. The molecule has 0 fully saturated rings. The minimum Gasteiger partial charge on any atom is -0.493 e. The molecule has 0 spiro atoms. The van der Waals surface area contributed by atoms with E-state index < -0.39 is 12.6 Å². The van der Waals surface area contributed by atoms with Gasteiger partial charge in [-0.1, -0.05) is 13.0 Å². The van der Waals surface area contributed by atoms with Crippen molar-refractivity contribution in [2.75, 3.05) is 13.2 Å². The highest BCUT2D eigenvalue weighted by molar-refractivity contribution is 5.40. The number of rotatable bonds is 6. The molecule has 1 aliphatic carbocycles. The number of nitrogens with one attached hydrogen (secondary N) is 1. The van der Waals surface area contributed by atoms with E-state index in [1.165, 1.54) is 11.1 Å². The molecule has 0 heterocycles. The second kappa shape index (κ2) is 6.48. The third kappa shape index (κ3) is 4.13. The molecule has 1 aromatic rings. The average molecular weight is 287 g/mol. The fraction of sp³-hybridized carbons (Fsp3) is 0.600. The molecule has 2 nitrogen and oxygen atoms in total. The molecule has 0 radical (unpaired) electrons. The Hall–Kier alpha value is -1.23. The van der Waals surface area contributed by atoms with Crippen LogP contribution in [0.5, 0.6) is 5.75 Å². The van der Waals surface area contributed by atoms with Crippen molar-refractivity contribution in [2.45, 2.75) is 44.8 Å². The van der Waals surface area contributed by atoms with E-state index in [-0.39, 0.29) is 6.61 Å². The Balaban J connectivity index is 1.92. The summed E-state index contributed by atoms with van der Waals surface area (Å²) >= 11 is 0. The Morgan fingerprint density at radius 2 is 2.15 bits per heavy atom. The summed E-state index contributed by atoms with van der Waals surface area (Å²) in [6.07, 6.45) is -1.99. The number of alkyl halides is 3. The Kier molecular flexibility index (Phi) is 4.91. The van der Waals surface area contributed by atoms with Gasteiger partial charge in [0.25, 0.3) is 0 Å². The Morgan fingerprint density at radius 3 is 2.85 bits per heavy atom. The van der Waals surface area contributed by atoms with Crippen LogP contribution >= 0.6 is 0 Å². The third-order valence-corrected chi connectivity index (χ3v) is 3.49. The lowest BCUT2D eigenvalue weighted by Crippen LogP contribution is -2.19. The molecule has 0 bridgehead atoms. The molecule has 0 saturated heterocycles. The first kappa shape index (κ1) is 15.2. The molecule has 1 unspecified atom stereocenters. The van der Waals surface area contributed by atoms with Crippen LogP contribution < -0.4 is 10.1 Å². The van der Waals surface area contributed by atoms with Crippen LogP contribution in [0.2, 0.25) is 0 Å². The number of benzene rings is 1. The summed E-state index contributed by atoms with van der Waals surface area (Å²) in [5.74, 6) is 0.532. The highest BCUT2D eigenvalue weighted by Gasteiger charge is 2.27. The maximum atomic E-state index is 12.1. The van der Waals surface area contributed by atoms with Crippen LogP contribution in [-0.4, -0.2) is 19.3 Å². The van der Waals surface area contributed by atoms with E-state index in [0.717, 1.165) is 25.8 Å². The molecule has 112 valence electrons. The summed E-state index contributed by atoms with van der Waals surface area (Å²) in [7, 11) is 0. The van der Waals surface area contributed by atoms with E-state index in [4.69, 9.17) is 4.74 Å². The molecule has 1 atom stereocenters. The quantitative estimate of drug-likeness (QED) is 0.853. The maximum absolute atomic E-state index is 12.1. The summed E-state index contributed by atoms with van der Waals surface area (Å²) in [6, 6.07) is 5.98. The van der Waals surface area contributed by atoms with Gasteiger partial charge in [-0.3, -0.25) is 0 Å². The zero-order valence-electron chi connectivity index (χ0n) is 11.6. The van der Waals surface area contributed by atoms with Gasteiger partial charge in [0.15, 0.2) is 0 Å². The summed E-state index contributed by atoms with van der Waals surface area (Å²) in [5.41, 5.74) is 2.43. The second-order valence-electron chi connectivity index (χ2n) is 5.12. The van der Waals surface area contributed by atoms with Gasteiger partial charge in [-0.05, 0) is 49.1 Å². The van der Waals surface area contributed by atoms with E-state index in [0.29, 0.717) is 11.8 Å². The van der Waals surface area contributed by atoms with Crippen LogP contribution in [-0.2, 0) is 6.42 Å². The highest BCUT2D eigenvalue weighted by Crippen LogP contribution is 2.33. The molecular formula is C15H20F3NO. The largest absolute Gasteiger partial charge is 0.493 e. The van der Waals surface area contributed by atoms with Gasteiger partial charge in [0, 0.05) is 6.04 Å². The van der Waals surface area contributed by atoms with Crippen molar-refractivity contribution in [2.24, 2.45) is 0 Å². The fourth-order valence-corrected chi connectivity index (χ4v) is 2.50. The van der Waals surface area contributed by atoms with Crippen molar-refractivity contribution in [3.8, 4) is 5.75 Å². The van der Waals surface area contributed by atoms with Crippen LogP contribution in [0.1, 0.15) is 43.4 Å². The van der Waals surface area contributed by atoms with Crippen LogP contribution in [0.15, 0.2) is 18.2 Å². The molecule has 20 heavy (non-hydrogen) atoms. The number of hydrogen-bond donors (Lipinski definition) is 1. The summed E-state index contributed by atoms with van der Waals surface area (Å²) in [4.78, 5) is 0. The van der Waals surface area contributed by atoms with Crippen molar-refractivity contribution in [1.82, 2.24) is 5.32 Å². The van der Waals surface area contributed by atoms with E-state index >= 15 is 0 Å². The van der Waals surface area contributed by atoms with Crippen molar-refractivity contribution in [3.63, 3.8) is 0 Å². The second-order valence-corrected chi connectivity index (χ2v) is 5.12. The van der Waals surface area contributed by atoms with Crippen LogP contribution in [0.25, 0.3) is 0 Å². The van der Waals surface area contributed by atoms with Gasteiger partial charge < -0.3 is 10.1 Å². The lowest BCUT2D eigenvalue weighted by atomic mass is 10.1. The molecule has 5 heteroatoms. The van der Waals surface area contributed by atoms with Crippen LogP contribution in [0.4, 0.5) is 13.2 Å². The Labute approximate surface area is 117 Å². The predicted octanol–water partition coefficient (Wildman–Crippen LogP) is 4.00. The number of hydrogen-bond acceptors (Lipinski definition) is 2. The van der Waals surface area contributed by atoms with E-state index in [2.05, 4.69) is 12.2 Å². The summed E-state index contributed by atoms with van der Waals surface area (Å²) in [5, 5.41) is 3.48. The average Bonchev–Trinajstić information content (AvgIpc) is 2.77. The van der Waals surface area contributed by atoms with Crippen molar-refractivity contribution < 1.29 is 17.9 Å². The third-order valence-electron chi connectivity index (χ3n) is 3.49. The smallest absolute Gasteiger partial charge is 0.392 e. The van der Waals surface area contributed by atoms with Crippen molar-refractivity contribution in [1.29, 1.82) is 0 Å². The van der Waals surface area contributed by atoms with E-state index in [1.807, 2.05) is 12.1 Å². The minimum atomic E-state index is -4.16. The summed E-state index contributed by atoms with van der Waals surface area (Å²) in [6.45, 7) is 2.79. The SMILES string of the molecule is CCCNC1CCc2cc(OCCC(F)(F)F)ccc21. The molecule has 1 aliphatic rings. The first-order valence-corrected chi connectivity index (χ1v) is 7.05. The minimum absolute atomic E-state index is 0.320. The standard InChI is InChI=1S/C15H20F3NO/c1-2-8-19-14-6-3-11-10-12(4-5-13(11)14)20-9-7-15(16,17)18/h4-5,10,14,19H,2-3,6-9H2,1H3. The van der Waals surface area contributed by atoms with Crippen molar-refractivity contribution in [3.05, 3.63) is 29.3 Å². The number of ether oxygens (including phenoxy) is 1. The number of halogens is 3. The number of aryl methyl sites for hydroxylation is 1. The van der Waals surface area contributed by atoms with E-state index in [1.54, 1.807) is 6.07 Å². The van der Waals surface area contributed by atoms with Crippen LogP contribution in [0, 0.1) is 0 Å². The monoisotopic (exact) mass is 287 g/mol. The molecule has 0 saturated carbocycles. The lowest BCUT2D eigenvalue weighted by molar-refractivity contribution is -0.139. The molecule has 1 N–H and O–H groups in total. The Morgan fingerprint density at radius 1 is 1.35 bits per heavy atom. The topological polar surface area (TPSA) is 21.3 Å². The molecule has 1 aromatic carbocycles. The lowest BCUT2D eigenvalue weighted by Gasteiger charge is -2.14. The van der Waals surface area contributed by atoms with Gasteiger partial charge in [0.2, 0.25) is 0 Å². The van der Waals surface area contributed by atoms with Crippen LogP contribution in [0.3, 0.4) is 0 Å². The van der Waals surface area contributed by atoms with Gasteiger partial charge in [-0.25, -0.2) is 0 Å². The first-order valence-electron chi connectivity index (χ1n) is 7.05. The van der Waals surface area contributed by atoms with Gasteiger partial charge in [0.05, 0.1) is 13.0 Å². The van der Waals surface area contributed by atoms with Gasteiger partial charge >= 0.3 is 6.18 Å². The molecule has 0 aliphatic heterocycles. The maximum Gasteiger partial charge on any atom is 0.392 e. The molecule has 0 amide bonds. The van der Waals surface area contributed by atoms with E-state index in [9.17, 15) is 13.2 Å². The first-order chi connectivity index (χ1) is 9.49. The summed E-state index contributed by atoms with van der Waals surface area (Å²) < 4.78 is 41.4. The molecular weight excluding hydrogens is 267 g/mol. The van der Waals surface area contributed by atoms with Gasteiger partial charge in [-0.2, -0.15) is 13.2 Å². The molecule has 2 rings (SSSR count). The Bertz CT molecular complexity index is 445. The van der Waals surface area contributed by atoms with Gasteiger partial charge in [0.1, 0.15) is 5.75 Å². The van der Waals surface area contributed by atoms with Gasteiger partial charge in [-0.15, -0.1) is 0 Å².